The van der Waals surface area contributed by atoms with E-state index in [4.69, 9.17) is 4.74 Å². The lowest BCUT2D eigenvalue weighted by atomic mass is 9.78. The number of aryl methyl sites for hydroxylation is 1. The molecule has 0 unspecified atom stereocenters. The quantitative estimate of drug-likeness (QED) is 0.633. The van der Waals surface area contributed by atoms with Gasteiger partial charge in [0.15, 0.2) is 0 Å². The van der Waals surface area contributed by atoms with Crippen molar-refractivity contribution in [2.24, 2.45) is 5.92 Å². The van der Waals surface area contributed by atoms with E-state index in [0.717, 1.165) is 5.56 Å². The minimum absolute atomic E-state index is 0.0984. The van der Waals surface area contributed by atoms with Gasteiger partial charge in [0.05, 0.1) is 13.0 Å². The fourth-order valence-electron chi connectivity index (χ4n) is 4.08. The Morgan fingerprint density at radius 3 is 2.37 bits per heavy atom. The molecule has 1 saturated heterocycles. The number of carbonyl (C=O) groups is 2. The van der Waals surface area contributed by atoms with Crippen LogP contribution in [-0.2, 0) is 9.53 Å². The number of hydrogen-bond donors (Lipinski definition) is 0. The zero-order valence-corrected chi connectivity index (χ0v) is 17.4. The minimum atomic E-state index is -0.387. The second-order valence-corrected chi connectivity index (χ2v) is 7.76. The van der Waals surface area contributed by atoms with Gasteiger partial charge in [-0.15, -0.1) is 0 Å². The molecule has 30 heavy (non-hydrogen) atoms. The van der Waals surface area contributed by atoms with E-state index in [9.17, 15) is 18.4 Å². The van der Waals surface area contributed by atoms with Crippen LogP contribution in [-0.4, -0.2) is 36.5 Å². The van der Waals surface area contributed by atoms with Crippen LogP contribution in [0.2, 0.25) is 0 Å². The molecule has 0 radical (unpaired) electrons. The lowest BCUT2D eigenvalue weighted by Gasteiger charge is -2.36. The zero-order chi connectivity index (χ0) is 21.7. The van der Waals surface area contributed by atoms with Crippen molar-refractivity contribution < 1.29 is 23.1 Å². The number of amides is 1. The maximum absolute atomic E-state index is 13.8. The summed E-state index contributed by atoms with van der Waals surface area (Å²) < 4.78 is 32.3. The molecule has 4 nitrogen and oxygen atoms in total. The Morgan fingerprint density at radius 1 is 1.10 bits per heavy atom. The van der Waals surface area contributed by atoms with E-state index in [2.05, 4.69) is 0 Å². The Hall–Kier alpha value is -2.76. The topological polar surface area (TPSA) is 46.6 Å². The van der Waals surface area contributed by atoms with E-state index in [1.807, 2.05) is 0 Å². The first kappa shape index (κ1) is 21.9. The lowest BCUT2D eigenvalue weighted by molar-refractivity contribution is -0.144. The van der Waals surface area contributed by atoms with Gasteiger partial charge in [0, 0.05) is 18.7 Å². The van der Waals surface area contributed by atoms with Crippen LogP contribution in [0.3, 0.4) is 0 Å². The summed E-state index contributed by atoms with van der Waals surface area (Å²) >= 11 is 0. The average molecular weight is 415 g/mol. The molecule has 160 valence electrons. The average Bonchev–Trinajstić information content (AvgIpc) is 2.74. The Bertz CT molecular complexity index is 890. The Kier molecular flexibility index (Phi) is 7.19. The van der Waals surface area contributed by atoms with Gasteiger partial charge in [-0.05, 0) is 73.9 Å². The molecule has 6 heteroatoms. The molecule has 1 atom stereocenters. The van der Waals surface area contributed by atoms with Crippen molar-refractivity contribution in [1.29, 1.82) is 0 Å². The molecule has 1 heterocycles. The molecule has 1 aliphatic rings. The number of piperidine rings is 1. The number of esters is 1. The normalized spacial score (nSPS) is 15.7. The highest BCUT2D eigenvalue weighted by atomic mass is 19.1. The van der Waals surface area contributed by atoms with E-state index in [-0.39, 0.29) is 41.8 Å². The van der Waals surface area contributed by atoms with Crippen molar-refractivity contribution in [1.82, 2.24) is 4.90 Å². The van der Waals surface area contributed by atoms with Gasteiger partial charge in [0.1, 0.15) is 11.6 Å². The SMILES string of the molecule is CCOC(=O)C[C@@H](c1ccc(F)cc1)C1CCN(C(=O)c2ccc(C)c(F)c2)CC1. The largest absolute Gasteiger partial charge is 0.466 e. The van der Waals surface area contributed by atoms with Crippen molar-refractivity contribution in [2.75, 3.05) is 19.7 Å². The first-order valence-electron chi connectivity index (χ1n) is 10.4. The molecule has 1 fully saturated rings. The van der Waals surface area contributed by atoms with Crippen molar-refractivity contribution in [3.8, 4) is 0 Å². The fourth-order valence-corrected chi connectivity index (χ4v) is 4.08. The third-order valence-electron chi connectivity index (χ3n) is 5.80. The molecule has 0 saturated carbocycles. The van der Waals surface area contributed by atoms with Crippen LogP contribution in [0.15, 0.2) is 42.5 Å². The maximum atomic E-state index is 13.8. The maximum Gasteiger partial charge on any atom is 0.306 e. The molecule has 1 amide bonds. The van der Waals surface area contributed by atoms with Gasteiger partial charge in [0.25, 0.3) is 5.91 Å². The summed E-state index contributed by atoms with van der Waals surface area (Å²) in [6, 6.07) is 10.8. The fraction of sp³-hybridized carbons (Fsp3) is 0.417. The molecule has 0 aliphatic carbocycles. The molecule has 0 bridgehead atoms. The Morgan fingerprint density at radius 2 is 1.77 bits per heavy atom. The standard InChI is InChI=1S/C24H27F2NO3/c1-3-30-23(28)15-21(17-6-8-20(25)9-7-17)18-10-12-27(13-11-18)24(29)19-5-4-16(2)22(26)14-19/h4-9,14,18,21H,3,10-13,15H2,1-2H3/t21-/m0/s1. The molecular formula is C24H27F2NO3. The minimum Gasteiger partial charge on any atom is -0.466 e. The summed E-state index contributed by atoms with van der Waals surface area (Å²) in [5, 5.41) is 0. The predicted octanol–water partition coefficient (Wildman–Crippen LogP) is 4.86. The predicted molar refractivity (Wildman–Crippen MR) is 110 cm³/mol. The highest BCUT2D eigenvalue weighted by molar-refractivity contribution is 5.94. The molecule has 0 spiro atoms. The second kappa shape index (κ2) is 9.83. The first-order valence-corrected chi connectivity index (χ1v) is 10.4. The Labute approximate surface area is 175 Å². The number of carbonyl (C=O) groups excluding carboxylic acids is 2. The summed E-state index contributed by atoms with van der Waals surface area (Å²) in [7, 11) is 0. The highest BCUT2D eigenvalue weighted by Gasteiger charge is 2.31. The third-order valence-corrected chi connectivity index (χ3v) is 5.80. The van der Waals surface area contributed by atoms with Gasteiger partial charge in [-0.2, -0.15) is 0 Å². The molecule has 0 aromatic heterocycles. The number of hydrogen-bond acceptors (Lipinski definition) is 3. The summed E-state index contributed by atoms with van der Waals surface area (Å²) in [6.07, 6.45) is 1.64. The van der Waals surface area contributed by atoms with Crippen LogP contribution in [0.25, 0.3) is 0 Å². The molecular weight excluding hydrogens is 388 g/mol. The summed E-state index contributed by atoms with van der Waals surface area (Å²) in [4.78, 5) is 26.6. The van der Waals surface area contributed by atoms with E-state index in [1.54, 1.807) is 43.0 Å². The second-order valence-electron chi connectivity index (χ2n) is 7.76. The van der Waals surface area contributed by atoms with Crippen LogP contribution in [0.5, 0.6) is 0 Å². The van der Waals surface area contributed by atoms with Crippen LogP contribution in [0.4, 0.5) is 8.78 Å². The van der Waals surface area contributed by atoms with Gasteiger partial charge in [-0.3, -0.25) is 9.59 Å². The zero-order valence-electron chi connectivity index (χ0n) is 17.4. The first-order chi connectivity index (χ1) is 14.4. The van der Waals surface area contributed by atoms with E-state index in [1.165, 1.54) is 18.2 Å². The number of nitrogens with zero attached hydrogens (tertiary/aromatic N) is 1. The van der Waals surface area contributed by atoms with Crippen LogP contribution < -0.4 is 0 Å². The monoisotopic (exact) mass is 415 g/mol. The van der Waals surface area contributed by atoms with Crippen LogP contribution in [0, 0.1) is 24.5 Å². The summed E-state index contributed by atoms with van der Waals surface area (Å²) in [5.74, 6) is -1.10. The van der Waals surface area contributed by atoms with Crippen LogP contribution >= 0.6 is 0 Å². The number of ether oxygens (including phenoxy) is 1. The number of halogens is 2. The lowest BCUT2D eigenvalue weighted by Crippen LogP contribution is -2.40. The van der Waals surface area contributed by atoms with Gasteiger partial charge >= 0.3 is 5.97 Å². The van der Waals surface area contributed by atoms with E-state index in [0.29, 0.717) is 43.7 Å². The third kappa shape index (κ3) is 5.23. The van der Waals surface area contributed by atoms with Crippen LogP contribution in [0.1, 0.15) is 53.6 Å². The van der Waals surface area contributed by atoms with Crippen molar-refractivity contribution in [3.05, 3.63) is 70.8 Å². The van der Waals surface area contributed by atoms with Gasteiger partial charge in [-0.1, -0.05) is 18.2 Å². The summed E-state index contributed by atoms with van der Waals surface area (Å²) in [6.45, 7) is 4.80. The van der Waals surface area contributed by atoms with Crippen molar-refractivity contribution in [2.45, 2.75) is 39.0 Å². The van der Waals surface area contributed by atoms with Gasteiger partial charge in [0.2, 0.25) is 0 Å². The molecule has 2 aromatic carbocycles. The van der Waals surface area contributed by atoms with Gasteiger partial charge < -0.3 is 9.64 Å². The highest BCUT2D eigenvalue weighted by Crippen LogP contribution is 2.36. The number of likely N-dealkylation sites (tertiary alicyclic amines) is 1. The van der Waals surface area contributed by atoms with Crippen molar-refractivity contribution in [3.63, 3.8) is 0 Å². The van der Waals surface area contributed by atoms with Gasteiger partial charge in [-0.25, -0.2) is 8.78 Å². The Balaban J connectivity index is 1.70. The molecule has 0 N–H and O–H groups in total. The van der Waals surface area contributed by atoms with E-state index < -0.39 is 0 Å². The summed E-state index contributed by atoms with van der Waals surface area (Å²) in [5.41, 5.74) is 1.75. The molecule has 2 aromatic rings. The molecule has 1 aliphatic heterocycles. The molecule has 3 rings (SSSR count). The van der Waals surface area contributed by atoms with E-state index >= 15 is 0 Å². The number of benzene rings is 2. The number of rotatable bonds is 6. The smallest absolute Gasteiger partial charge is 0.306 e. The van der Waals surface area contributed by atoms with Crippen molar-refractivity contribution >= 4 is 11.9 Å².